The maximum Gasteiger partial charge on any atom is 0.327 e. The molecule has 0 bridgehead atoms. The van der Waals surface area contributed by atoms with E-state index in [0.717, 1.165) is 18.6 Å². The summed E-state index contributed by atoms with van der Waals surface area (Å²) >= 11 is 1.36. The van der Waals surface area contributed by atoms with Gasteiger partial charge in [0, 0.05) is 12.2 Å². The molecule has 0 aromatic heterocycles. The van der Waals surface area contributed by atoms with Crippen LogP contribution in [-0.4, -0.2) is 31.0 Å². The number of carbonyl (C=O) groups is 1. The molecule has 0 saturated carbocycles. The van der Waals surface area contributed by atoms with Gasteiger partial charge in [0.2, 0.25) is 0 Å². The second-order valence-electron chi connectivity index (χ2n) is 2.48. The van der Waals surface area contributed by atoms with E-state index >= 15 is 0 Å². The summed E-state index contributed by atoms with van der Waals surface area (Å²) < 4.78 is 25.9. The summed E-state index contributed by atoms with van der Waals surface area (Å²) in [5.74, 6) is 3.37. The first-order valence-corrected chi connectivity index (χ1v) is 6.89. The molecule has 0 rings (SSSR count). The summed E-state index contributed by atoms with van der Waals surface area (Å²) in [6.45, 7) is 0. The number of hydrazine groups is 1. The molecule has 0 aliphatic rings. The molecule has 94 valence electrons. The molecule has 0 aliphatic carbocycles. The number of nitrogens with two attached hydrogens (primary N) is 1. The zero-order chi connectivity index (χ0) is 13.0. The first kappa shape index (κ1) is 17.4. The summed E-state index contributed by atoms with van der Waals surface area (Å²) in [7, 11) is -3.67. The van der Waals surface area contributed by atoms with E-state index in [-0.39, 0.29) is 0 Å². The Kier molecular flexibility index (Phi) is 11.5. The summed E-state index contributed by atoms with van der Waals surface area (Å²) in [5.41, 5.74) is 7.00. The molecule has 0 unspecified atom stereocenters. The van der Waals surface area contributed by atoms with Crippen LogP contribution in [0.25, 0.3) is 0 Å². The SMILES string of the molecule is C#CCCCSNNC(N)=O.CS(=O)(=O)O. The van der Waals surface area contributed by atoms with Crippen LogP contribution in [0.2, 0.25) is 0 Å². The summed E-state index contributed by atoms with van der Waals surface area (Å²) in [4.78, 5) is 12.7. The van der Waals surface area contributed by atoms with Gasteiger partial charge in [0.05, 0.1) is 6.26 Å². The molecule has 0 heterocycles. The molecule has 0 radical (unpaired) electrons. The standard InChI is InChI=1S/C6H11N3OS.CH4O3S/c1-2-3-4-5-11-9-8-6(7)10;1-5(2,3)4/h1,9H,3-5H2,(H3,7,8,10);1H3,(H,2,3,4). The van der Waals surface area contributed by atoms with Gasteiger partial charge in [-0.25, -0.2) is 4.79 Å². The third-order valence-electron chi connectivity index (χ3n) is 0.814. The molecule has 0 aromatic carbocycles. The van der Waals surface area contributed by atoms with Crippen LogP contribution in [0, 0.1) is 12.3 Å². The lowest BCUT2D eigenvalue weighted by atomic mass is 10.4. The second-order valence-corrected chi connectivity index (χ2v) is 4.85. The van der Waals surface area contributed by atoms with Gasteiger partial charge >= 0.3 is 6.03 Å². The minimum Gasteiger partial charge on any atom is -0.351 e. The van der Waals surface area contributed by atoms with Gasteiger partial charge in [-0.1, -0.05) is 11.9 Å². The third kappa shape index (κ3) is 38.1. The van der Waals surface area contributed by atoms with E-state index in [4.69, 9.17) is 16.7 Å². The van der Waals surface area contributed by atoms with Gasteiger partial charge in [-0.3, -0.25) is 9.98 Å². The average molecular weight is 269 g/mol. The van der Waals surface area contributed by atoms with Gasteiger partial charge in [0.1, 0.15) is 0 Å². The average Bonchev–Trinajstić information content (AvgIpc) is 2.08. The molecule has 9 heteroatoms. The number of urea groups is 1. The van der Waals surface area contributed by atoms with Crippen LogP contribution in [0.3, 0.4) is 0 Å². The minimum atomic E-state index is -3.67. The van der Waals surface area contributed by atoms with Gasteiger partial charge in [-0.2, -0.15) is 13.2 Å². The number of hydrogen-bond acceptors (Lipinski definition) is 5. The molecular weight excluding hydrogens is 254 g/mol. The van der Waals surface area contributed by atoms with Crippen LogP contribution in [0.4, 0.5) is 4.79 Å². The van der Waals surface area contributed by atoms with E-state index in [9.17, 15) is 13.2 Å². The van der Waals surface area contributed by atoms with Crippen molar-refractivity contribution in [1.82, 2.24) is 10.3 Å². The Hall–Kier alpha value is -0.950. The topological polar surface area (TPSA) is 122 Å². The molecule has 16 heavy (non-hydrogen) atoms. The molecular formula is C7H15N3O4S2. The van der Waals surface area contributed by atoms with E-state index in [0.29, 0.717) is 6.26 Å². The van der Waals surface area contributed by atoms with Crippen LogP contribution in [0.1, 0.15) is 12.8 Å². The largest absolute Gasteiger partial charge is 0.351 e. The molecule has 7 nitrogen and oxygen atoms in total. The molecule has 0 aromatic rings. The smallest absolute Gasteiger partial charge is 0.327 e. The van der Waals surface area contributed by atoms with Gasteiger partial charge in [-0.15, -0.1) is 12.3 Å². The fourth-order valence-electron chi connectivity index (χ4n) is 0.384. The number of unbranched alkanes of at least 4 members (excludes halogenated alkanes) is 1. The number of primary amides is 1. The number of terminal acetylenes is 1. The second kappa shape index (κ2) is 10.6. The van der Waals surface area contributed by atoms with Gasteiger partial charge < -0.3 is 5.73 Å². The highest BCUT2D eigenvalue weighted by Crippen LogP contribution is 1.96. The highest BCUT2D eigenvalue weighted by atomic mass is 32.2. The number of rotatable bonds is 5. The molecule has 0 fully saturated rings. The number of carbonyl (C=O) groups excluding carboxylic acids is 1. The number of nitrogens with one attached hydrogen (secondary N) is 2. The lowest BCUT2D eigenvalue weighted by molar-refractivity contribution is 0.248. The van der Waals surface area contributed by atoms with E-state index < -0.39 is 16.1 Å². The normalized spacial score (nSPS) is 9.56. The van der Waals surface area contributed by atoms with Crippen LogP contribution < -0.4 is 16.0 Å². The quantitative estimate of drug-likeness (QED) is 0.179. The van der Waals surface area contributed by atoms with Crippen LogP contribution in [0.15, 0.2) is 0 Å². The number of hydrogen-bond donors (Lipinski definition) is 4. The zero-order valence-corrected chi connectivity index (χ0v) is 10.4. The van der Waals surface area contributed by atoms with Crippen molar-refractivity contribution in [2.75, 3.05) is 12.0 Å². The highest BCUT2D eigenvalue weighted by Gasteiger charge is 1.89. The van der Waals surface area contributed by atoms with Crippen molar-refractivity contribution < 1.29 is 17.8 Å². The van der Waals surface area contributed by atoms with Crippen molar-refractivity contribution in [3.8, 4) is 12.3 Å². The Morgan fingerprint density at radius 2 is 2.12 bits per heavy atom. The molecule has 0 saturated heterocycles. The van der Waals surface area contributed by atoms with Crippen LogP contribution >= 0.6 is 11.9 Å². The molecule has 0 atom stereocenters. The Labute approximate surface area is 99.4 Å². The third-order valence-corrected chi connectivity index (χ3v) is 1.55. The molecule has 5 N–H and O–H groups in total. The zero-order valence-electron chi connectivity index (χ0n) is 8.76. The Bertz CT molecular complexity index is 315. The number of amides is 2. The highest BCUT2D eigenvalue weighted by molar-refractivity contribution is 7.97. The Morgan fingerprint density at radius 1 is 1.62 bits per heavy atom. The predicted octanol–water partition coefficient (Wildman–Crippen LogP) is -0.275. The van der Waals surface area contributed by atoms with E-state index in [1.165, 1.54) is 11.9 Å². The Balaban J connectivity index is 0. The maximum absolute atomic E-state index is 10.1. The first-order chi connectivity index (χ1) is 7.27. The van der Waals surface area contributed by atoms with Crippen molar-refractivity contribution >= 4 is 28.1 Å². The van der Waals surface area contributed by atoms with Gasteiger partial charge in [-0.05, 0) is 6.42 Å². The van der Waals surface area contributed by atoms with Crippen molar-refractivity contribution in [1.29, 1.82) is 0 Å². The molecule has 0 aliphatic heterocycles. The summed E-state index contributed by atoms with van der Waals surface area (Å²) in [6, 6.07) is -0.588. The summed E-state index contributed by atoms with van der Waals surface area (Å²) in [5, 5.41) is 0. The lowest BCUT2D eigenvalue weighted by Gasteiger charge is -2.01. The van der Waals surface area contributed by atoms with Crippen molar-refractivity contribution in [2.45, 2.75) is 12.8 Å². The fraction of sp³-hybridized carbons (Fsp3) is 0.571. The maximum atomic E-state index is 10.1. The van der Waals surface area contributed by atoms with Crippen molar-refractivity contribution in [3.05, 3.63) is 0 Å². The minimum absolute atomic E-state index is 0.588. The van der Waals surface area contributed by atoms with Crippen LogP contribution in [-0.2, 0) is 10.1 Å². The van der Waals surface area contributed by atoms with Crippen LogP contribution in [0.5, 0.6) is 0 Å². The van der Waals surface area contributed by atoms with Gasteiger partial charge in [0.25, 0.3) is 10.1 Å². The Morgan fingerprint density at radius 3 is 2.50 bits per heavy atom. The lowest BCUT2D eigenvalue weighted by Crippen LogP contribution is -2.37. The summed E-state index contributed by atoms with van der Waals surface area (Å²) in [6.07, 6.45) is 7.42. The molecule has 2 amide bonds. The van der Waals surface area contributed by atoms with E-state index in [1.54, 1.807) is 0 Å². The van der Waals surface area contributed by atoms with E-state index in [2.05, 4.69) is 16.2 Å². The van der Waals surface area contributed by atoms with Crippen molar-refractivity contribution in [3.63, 3.8) is 0 Å². The molecule has 0 spiro atoms. The van der Waals surface area contributed by atoms with Gasteiger partial charge in [0.15, 0.2) is 0 Å². The monoisotopic (exact) mass is 269 g/mol. The fourth-order valence-corrected chi connectivity index (χ4v) is 0.947. The predicted molar refractivity (Wildman–Crippen MR) is 63.9 cm³/mol. The first-order valence-electron chi connectivity index (χ1n) is 4.05. The van der Waals surface area contributed by atoms with Crippen molar-refractivity contribution in [2.24, 2.45) is 5.73 Å². The van der Waals surface area contributed by atoms with E-state index in [1.807, 2.05) is 0 Å².